The van der Waals surface area contributed by atoms with Gasteiger partial charge in [0.05, 0.1) is 18.4 Å². The molecule has 0 fully saturated rings. The first-order valence-electron chi connectivity index (χ1n) is 9.83. The molecule has 0 saturated heterocycles. The third-order valence-corrected chi connectivity index (χ3v) is 5.91. The highest BCUT2D eigenvalue weighted by molar-refractivity contribution is 8.00. The fraction of sp³-hybridized carbons (Fsp3) is 0.0769. The van der Waals surface area contributed by atoms with Crippen molar-refractivity contribution in [3.05, 3.63) is 102 Å². The highest BCUT2D eigenvalue weighted by Gasteiger charge is 2.12. The van der Waals surface area contributed by atoms with E-state index >= 15 is 0 Å². The van der Waals surface area contributed by atoms with E-state index in [0.29, 0.717) is 28.3 Å². The van der Waals surface area contributed by atoms with Crippen LogP contribution in [0.15, 0.2) is 95.9 Å². The number of para-hydroxylation sites is 1. The summed E-state index contributed by atoms with van der Waals surface area (Å²) in [4.78, 5) is 26.1. The lowest BCUT2D eigenvalue weighted by atomic mass is 10.1. The molecule has 0 aliphatic carbocycles. The van der Waals surface area contributed by atoms with Gasteiger partial charge in [-0.3, -0.25) is 9.59 Å². The number of amides is 1. The summed E-state index contributed by atoms with van der Waals surface area (Å²) in [6.07, 6.45) is 0. The van der Waals surface area contributed by atoms with Crippen LogP contribution in [0.5, 0.6) is 5.75 Å². The number of carbonyl (C=O) groups is 2. The molecule has 0 bridgehead atoms. The van der Waals surface area contributed by atoms with Crippen molar-refractivity contribution < 1.29 is 14.3 Å². The summed E-state index contributed by atoms with van der Waals surface area (Å²) < 4.78 is 5.26. The first kappa shape index (κ1) is 20.7. The van der Waals surface area contributed by atoms with Crippen molar-refractivity contribution in [3.8, 4) is 5.75 Å². The Morgan fingerprint density at radius 3 is 2.32 bits per heavy atom. The molecular weight excluding hydrogens is 406 g/mol. The van der Waals surface area contributed by atoms with Crippen LogP contribution in [0.1, 0.15) is 20.7 Å². The molecule has 0 aliphatic rings. The minimum Gasteiger partial charge on any atom is -0.496 e. The number of fused-ring (bicyclic) bond motifs is 1. The summed E-state index contributed by atoms with van der Waals surface area (Å²) in [7, 11) is 1.56. The van der Waals surface area contributed by atoms with Crippen LogP contribution >= 0.6 is 11.8 Å². The molecule has 4 aromatic carbocycles. The average molecular weight is 428 g/mol. The topological polar surface area (TPSA) is 55.4 Å². The zero-order valence-corrected chi connectivity index (χ0v) is 17.8. The van der Waals surface area contributed by atoms with Crippen LogP contribution < -0.4 is 10.1 Å². The standard InChI is InChI=1S/C26H21NO3S/c1-30-25-9-5-4-8-23(25)24(28)17-31-22-14-12-21(13-15-22)27-26(29)20-11-10-18-6-2-3-7-19(18)16-20/h2-16H,17H2,1H3,(H,27,29). The van der Waals surface area contributed by atoms with Crippen LogP contribution in [0.3, 0.4) is 0 Å². The van der Waals surface area contributed by atoms with Gasteiger partial charge >= 0.3 is 0 Å². The zero-order chi connectivity index (χ0) is 21.6. The molecule has 1 amide bonds. The van der Waals surface area contributed by atoms with Crippen molar-refractivity contribution in [1.29, 1.82) is 0 Å². The van der Waals surface area contributed by atoms with E-state index in [0.717, 1.165) is 15.7 Å². The first-order valence-corrected chi connectivity index (χ1v) is 10.8. The number of hydrogen-bond donors (Lipinski definition) is 1. The van der Waals surface area contributed by atoms with E-state index in [2.05, 4.69) is 5.32 Å². The molecule has 31 heavy (non-hydrogen) atoms. The number of ether oxygens (including phenoxy) is 1. The second kappa shape index (κ2) is 9.49. The van der Waals surface area contributed by atoms with Crippen molar-refractivity contribution in [2.75, 3.05) is 18.2 Å². The van der Waals surface area contributed by atoms with Gasteiger partial charge in [-0.15, -0.1) is 11.8 Å². The molecule has 154 valence electrons. The van der Waals surface area contributed by atoms with Gasteiger partial charge in [0.1, 0.15) is 5.75 Å². The normalized spacial score (nSPS) is 10.6. The Balaban J connectivity index is 1.37. The number of anilines is 1. The minimum absolute atomic E-state index is 0.0103. The number of nitrogens with one attached hydrogen (secondary N) is 1. The quantitative estimate of drug-likeness (QED) is 0.287. The fourth-order valence-electron chi connectivity index (χ4n) is 3.27. The maximum atomic E-state index is 12.6. The van der Waals surface area contributed by atoms with Gasteiger partial charge in [0.2, 0.25) is 0 Å². The monoisotopic (exact) mass is 427 g/mol. The lowest BCUT2D eigenvalue weighted by molar-refractivity contribution is 0.101. The van der Waals surface area contributed by atoms with Crippen LogP contribution in [0.2, 0.25) is 0 Å². The van der Waals surface area contributed by atoms with Crippen molar-refractivity contribution in [3.63, 3.8) is 0 Å². The Morgan fingerprint density at radius 1 is 0.839 bits per heavy atom. The van der Waals surface area contributed by atoms with Gasteiger partial charge in [-0.25, -0.2) is 0 Å². The molecule has 0 unspecified atom stereocenters. The van der Waals surface area contributed by atoms with Gasteiger partial charge < -0.3 is 10.1 Å². The maximum absolute atomic E-state index is 12.6. The van der Waals surface area contributed by atoms with E-state index in [9.17, 15) is 9.59 Å². The number of rotatable bonds is 7. The second-order valence-electron chi connectivity index (χ2n) is 6.95. The average Bonchev–Trinajstić information content (AvgIpc) is 2.83. The molecule has 0 aromatic heterocycles. The minimum atomic E-state index is -0.155. The SMILES string of the molecule is COc1ccccc1C(=O)CSc1ccc(NC(=O)c2ccc3ccccc3c2)cc1. The summed E-state index contributed by atoms with van der Waals surface area (Å²) in [5, 5.41) is 5.05. The van der Waals surface area contributed by atoms with Crippen LogP contribution in [-0.2, 0) is 0 Å². The Bertz CT molecular complexity index is 1230. The van der Waals surface area contributed by atoms with Gasteiger partial charge in [0.25, 0.3) is 5.91 Å². The predicted molar refractivity (Wildman–Crippen MR) is 126 cm³/mol. The third kappa shape index (κ3) is 4.95. The number of carbonyl (C=O) groups excluding carboxylic acids is 2. The molecule has 5 heteroatoms. The highest BCUT2D eigenvalue weighted by Crippen LogP contribution is 2.25. The summed E-state index contributed by atoms with van der Waals surface area (Å²) in [6.45, 7) is 0. The molecule has 0 spiro atoms. The number of methoxy groups -OCH3 is 1. The summed E-state index contributed by atoms with van der Waals surface area (Å²) >= 11 is 1.45. The van der Waals surface area contributed by atoms with Gasteiger partial charge in [0.15, 0.2) is 5.78 Å². The van der Waals surface area contributed by atoms with Crippen LogP contribution in [0.25, 0.3) is 10.8 Å². The predicted octanol–water partition coefficient (Wildman–Crippen LogP) is 6.08. The summed E-state index contributed by atoms with van der Waals surface area (Å²) in [6, 6.07) is 28.3. The maximum Gasteiger partial charge on any atom is 0.255 e. The molecule has 1 N–H and O–H groups in total. The molecule has 0 aliphatic heterocycles. The third-order valence-electron chi connectivity index (χ3n) is 4.90. The molecular formula is C26H21NO3S. The summed E-state index contributed by atoms with van der Waals surface area (Å²) in [5.41, 5.74) is 1.90. The van der Waals surface area contributed by atoms with E-state index in [-0.39, 0.29) is 11.7 Å². The van der Waals surface area contributed by atoms with Crippen LogP contribution in [0, 0.1) is 0 Å². The van der Waals surface area contributed by atoms with Gasteiger partial charge in [-0.2, -0.15) is 0 Å². The van der Waals surface area contributed by atoms with Crippen LogP contribution in [-0.4, -0.2) is 24.6 Å². The van der Waals surface area contributed by atoms with E-state index < -0.39 is 0 Å². The van der Waals surface area contributed by atoms with Crippen LogP contribution in [0.4, 0.5) is 5.69 Å². The molecule has 4 nitrogen and oxygen atoms in total. The number of thioether (sulfide) groups is 1. The molecule has 4 rings (SSSR count). The Morgan fingerprint density at radius 2 is 1.55 bits per heavy atom. The van der Waals surface area contributed by atoms with E-state index in [4.69, 9.17) is 4.74 Å². The molecule has 0 heterocycles. The van der Waals surface area contributed by atoms with Gasteiger partial charge in [0, 0.05) is 16.1 Å². The Hall–Kier alpha value is -3.57. The second-order valence-corrected chi connectivity index (χ2v) is 8.00. The first-order chi connectivity index (χ1) is 15.1. The lowest BCUT2D eigenvalue weighted by Crippen LogP contribution is -2.11. The largest absolute Gasteiger partial charge is 0.496 e. The van der Waals surface area contributed by atoms with E-state index in [1.54, 1.807) is 19.2 Å². The molecule has 4 aromatic rings. The van der Waals surface area contributed by atoms with Gasteiger partial charge in [-0.05, 0) is 59.3 Å². The zero-order valence-electron chi connectivity index (χ0n) is 17.0. The number of hydrogen-bond acceptors (Lipinski definition) is 4. The van der Waals surface area contributed by atoms with E-state index in [1.807, 2.05) is 78.9 Å². The van der Waals surface area contributed by atoms with Crippen molar-refractivity contribution in [2.24, 2.45) is 0 Å². The Kier molecular flexibility index (Phi) is 6.34. The number of Topliss-reactive ketones (excluding diaryl/α,β-unsaturated/α-hetero) is 1. The molecule has 0 saturated carbocycles. The molecule has 0 radical (unpaired) electrons. The summed E-state index contributed by atoms with van der Waals surface area (Å²) in [5.74, 6) is 0.747. The van der Waals surface area contributed by atoms with E-state index in [1.165, 1.54) is 11.8 Å². The number of benzene rings is 4. The highest BCUT2D eigenvalue weighted by atomic mass is 32.2. The fourth-order valence-corrected chi connectivity index (χ4v) is 4.05. The van der Waals surface area contributed by atoms with Crippen molar-refractivity contribution in [2.45, 2.75) is 4.90 Å². The smallest absolute Gasteiger partial charge is 0.255 e. The number of ketones is 1. The Labute approximate surface area is 185 Å². The molecule has 0 atom stereocenters. The van der Waals surface area contributed by atoms with Crippen molar-refractivity contribution in [1.82, 2.24) is 0 Å². The lowest BCUT2D eigenvalue weighted by Gasteiger charge is -2.09. The van der Waals surface area contributed by atoms with Crippen molar-refractivity contribution >= 4 is 39.9 Å². The van der Waals surface area contributed by atoms with Gasteiger partial charge in [-0.1, -0.05) is 42.5 Å².